The number of aromatic nitrogens is 2. The maximum absolute atomic E-state index is 13.8. The van der Waals surface area contributed by atoms with E-state index >= 15 is 0 Å². The van der Waals surface area contributed by atoms with Crippen LogP contribution in [0.5, 0.6) is 0 Å². The quantitative estimate of drug-likeness (QED) is 0.881. The van der Waals surface area contributed by atoms with Gasteiger partial charge < -0.3 is 5.32 Å². The second kappa shape index (κ2) is 7.53. The van der Waals surface area contributed by atoms with E-state index in [0.29, 0.717) is 6.54 Å². The minimum absolute atomic E-state index is 0.0734. The third kappa shape index (κ3) is 4.17. The van der Waals surface area contributed by atoms with E-state index in [4.69, 9.17) is 0 Å². The monoisotopic (exact) mass is 336 g/mol. The Hall–Kier alpha value is -2.28. The molecule has 130 valence electrons. The van der Waals surface area contributed by atoms with Crippen LogP contribution in [0.25, 0.3) is 5.69 Å². The highest BCUT2D eigenvalue weighted by Gasteiger charge is 2.23. The first-order valence-corrected chi connectivity index (χ1v) is 7.72. The summed E-state index contributed by atoms with van der Waals surface area (Å²) in [5.74, 6) is -1.23. The molecule has 2 aromatic rings. The van der Waals surface area contributed by atoms with Crippen LogP contribution in [0.15, 0.2) is 30.6 Å². The smallest absolute Gasteiger partial charge is 0.237 e. The zero-order valence-corrected chi connectivity index (χ0v) is 14.3. The summed E-state index contributed by atoms with van der Waals surface area (Å²) in [6, 6.07) is 3.07. The average Bonchev–Trinajstić information content (AvgIpc) is 2.93. The number of nitrogens with zero attached hydrogens (tertiary/aromatic N) is 3. The standard InChI is InChI=1S/C17H22F2N4O/c1-11(2)16(22(3)4)17(24)20-8-12-9-21-23(10-12)15-6-5-13(18)7-14(15)19/h5-7,9-11,16H,8H2,1-4H3,(H,20,24). The van der Waals surface area contributed by atoms with Gasteiger partial charge in [0.15, 0.2) is 5.82 Å². The molecular formula is C17H22F2N4O. The van der Waals surface area contributed by atoms with Gasteiger partial charge in [0.1, 0.15) is 11.5 Å². The zero-order chi connectivity index (χ0) is 17.9. The fraction of sp³-hybridized carbons (Fsp3) is 0.412. The van der Waals surface area contributed by atoms with Gasteiger partial charge in [-0.1, -0.05) is 13.8 Å². The highest BCUT2D eigenvalue weighted by molar-refractivity contribution is 5.81. The van der Waals surface area contributed by atoms with Gasteiger partial charge in [0, 0.05) is 24.4 Å². The van der Waals surface area contributed by atoms with Gasteiger partial charge in [-0.3, -0.25) is 9.69 Å². The van der Waals surface area contributed by atoms with Crippen molar-refractivity contribution < 1.29 is 13.6 Å². The molecule has 1 aromatic heterocycles. The summed E-state index contributed by atoms with van der Waals surface area (Å²) in [7, 11) is 3.72. The Balaban J connectivity index is 2.05. The largest absolute Gasteiger partial charge is 0.351 e. The normalized spacial score (nSPS) is 12.7. The lowest BCUT2D eigenvalue weighted by atomic mass is 10.0. The summed E-state index contributed by atoms with van der Waals surface area (Å²) >= 11 is 0. The van der Waals surface area contributed by atoms with E-state index in [1.54, 1.807) is 12.4 Å². The SMILES string of the molecule is CC(C)C(C(=O)NCc1cnn(-c2ccc(F)cc2F)c1)N(C)C. The van der Waals surface area contributed by atoms with Crippen LogP contribution in [0.2, 0.25) is 0 Å². The van der Waals surface area contributed by atoms with Crippen LogP contribution in [0.4, 0.5) is 8.78 Å². The summed E-state index contributed by atoms with van der Waals surface area (Å²) in [4.78, 5) is 14.2. The van der Waals surface area contributed by atoms with Crippen LogP contribution >= 0.6 is 0 Å². The Kier molecular flexibility index (Phi) is 5.66. The molecule has 0 radical (unpaired) electrons. The minimum Gasteiger partial charge on any atom is -0.351 e. The van der Waals surface area contributed by atoms with Gasteiger partial charge in [0.25, 0.3) is 0 Å². The molecule has 1 unspecified atom stereocenters. The second-order valence-corrected chi connectivity index (χ2v) is 6.26. The van der Waals surface area contributed by atoms with Crippen molar-refractivity contribution in [2.75, 3.05) is 14.1 Å². The highest BCUT2D eigenvalue weighted by Crippen LogP contribution is 2.15. The van der Waals surface area contributed by atoms with Gasteiger partial charge in [-0.25, -0.2) is 13.5 Å². The second-order valence-electron chi connectivity index (χ2n) is 6.26. The maximum atomic E-state index is 13.8. The van der Waals surface area contributed by atoms with E-state index < -0.39 is 11.6 Å². The topological polar surface area (TPSA) is 50.2 Å². The van der Waals surface area contributed by atoms with Crippen molar-refractivity contribution in [3.8, 4) is 5.69 Å². The van der Waals surface area contributed by atoms with E-state index in [1.165, 1.54) is 16.8 Å². The van der Waals surface area contributed by atoms with Crippen LogP contribution in [-0.4, -0.2) is 40.7 Å². The summed E-state index contributed by atoms with van der Waals surface area (Å²) in [5, 5.41) is 6.93. The van der Waals surface area contributed by atoms with Crippen LogP contribution in [-0.2, 0) is 11.3 Å². The van der Waals surface area contributed by atoms with E-state index in [1.807, 2.05) is 32.8 Å². The third-order valence-corrected chi connectivity index (χ3v) is 3.72. The Bertz CT molecular complexity index is 704. The van der Waals surface area contributed by atoms with Gasteiger partial charge >= 0.3 is 0 Å². The number of hydrogen-bond donors (Lipinski definition) is 1. The number of nitrogens with one attached hydrogen (secondary N) is 1. The molecular weight excluding hydrogens is 314 g/mol. The third-order valence-electron chi connectivity index (χ3n) is 3.72. The van der Waals surface area contributed by atoms with Crippen molar-refractivity contribution in [2.45, 2.75) is 26.4 Å². The van der Waals surface area contributed by atoms with Crippen molar-refractivity contribution in [1.29, 1.82) is 0 Å². The van der Waals surface area contributed by atoms with Crippen LogP contribution < -0.4 is 5.32 Å². The Labute approximate surface area is 140 Å². The van der Waals surface area contributed by atoms with E-state index in [9.17, 15) is 13.6 Å². The molecule has 0 spiro atoms. The molecule has 0 fully saturated rings. The van der Waals surface area contributed by atoms with Crippen LogP contribution in [0, 0.1) is 17.6 Å². The predicted molar refractivity (Wildman–Crippen MR) is 87.6 cm³/mol. The molecule has 0 aliphatic heterocycles. The number of carbonyl (C=O) groups excluding carboxylic acids is 1. The van der Waals surface area contributed by atoms with Gasteiger partial charge in [0.05, 0.1) is 12.2 Å². The molecule has 0 saturated heterocycles. The molecule has 0 saturated carbocycles. The van der Waals surface area contributed by atoms with Crippen molar-refractivity contribution in [3.63, 3.8) is 0 Å². The lowest BCUT2D eigenvalue weighted by Gasteiger charge is -2.26. The number of carbonyl (C=O) groups is 1. The first-order valence-electron chi connectivity index (χ1n) is 7.72. The Morgan fingerprint density at radius 2 is 2.04 bits per heavy atom. The molecule has 7 heteroatoms. The predicted octanol–water partition coefficient (Wildman–Crippen LogP) is 2.35. The fourth-order valence-corrected chi connectivity index (χ4v) is 2.68. The van der Waals surface area contributed by atoms with Gasteiger partial charge in [-0.15, -0.1) is 0 Å². The van der Waals surface area contributed by atoms with Crippen molar-refractivity contribution in [3.05, 3.63) is 47.8 Å². The van der Waals surface area contributed by atoms with Gasteiger partial charge in [-0.2, -0.15) is 5.10 Å². The highest BCUT2D eigenvalue weighted by atomic mass is 19.1. The average molecular weight is 336 g/mol. The summed E-state index contributed by atoms with van der Waals surface area (Å²) in [6.07, 6.45) is 3.15. The van der Waals surface area contributed by atoms with Gasteiger partial charge in [0.2, 0.25) is 5.91 Å². The summed E-state index contributed by atoms with van der Waals surface area (Å²) in [6.45, 7) is 4.26. The van der Waals surface area contributed by atoms with Gasteiger partial charge in [-0.05, 0) is 32.1 Å². The molecule has 24 heavy (non-hydrogen) atoms. The van der Waals surface area contributed by atoms with E-state index in [-0.39, 0.29) is 23.6 Å². The fourth-order valence-electron chi connectivity index (χ4n) is 2.68. The molecule has 0 aliphatic carbocycles. The Morgan fingerprint density at radius 3 is 2.62 bits per heavy atom. The first kappa shape index (κ1) is 18.1. The number of halogens is 2. The summed E-state index contributed by atoms with van der Waals surface area (Å²) < 4.78 is 28.1. The van der Waals surface area contributed by atoms with E-state index in [0.717, 1.165) is 11.6 Å². The maximum Gasteiger partial charge on any atom is 0.237 e. The number of amides is 1. The zero-order valence-electron chi connectivity index (χ0n) is 14.3. The van der Waals surface area contributed by atoms with Crippen molar-refractivity contribution in [1.82, 2.24) is 20.0 Å². The van der Waals surface area contributed by atoms with E-state index in [2.05, 4.69) is 10.4 Å². The summed E-state index contributed by atoms with van der Waals surface area (Å²) in [5.41, 5.74) is 0.885. The lowest BCUT2D eigenvalue weighted by Crippen LogP contribution is -2.46. The molecule has 1 N–H and O–H groups in total. The molecule has 1 aromatic carbocycles. The number of likely N-dealkylation sites (N-methyl/N-ethyl adjacent to an activating group) is 1. The molecule has 0 aliphatic rings. The molecule has 2 rings (SSSR count). The van der Waals surface area contributed by atoms with Crippen LogP contribution in [0.1, 0.15) is 19.4 Å². The Morgan fingerprint density at radius 1 is 1.33 bits per heavy atom. The minimum atomic E-state index is -0.693. The molecule has 5 nitrogen and oxygen atoms in total. The lowest BCUT2D eigenvalue weighted by molar-refractivity contribution is -0.127. The van der Waals surface area contributed by atoms with Crippen molar-refractivity contribution >= 4 is 5.91 Å². The van der Waals surface area contributed by atoms with Crippen LogP contribution in [0.3, 0.4) is 0 Å². The molecule has 0 bridgehead atoms. The van der Waals surface area contributed by atoms with Crippen molar-refractivity contribution in [2.24, 2.45) is 5.92 Å². The number of benzene rings is 1. The molecule has 1 heterocycles. The molecule has 1 atom stereocenters. The number of rotatable bonds is 6. The first-order chi connectivity index (χ1) is 11.3. The molecule has 1 amide bonds. The number of hydrogen-bond acceptors (Lipinski definition) is 3.